The van der Waals surface area contributed by atoms with Gasteiger partial charge in [-0.1, -0.05) is 18.2 Å². The maximum atomic E-state index is 12.9. The molecule has 170 valence electrons. The SMILES string of the molecule is CN(CC(=O)Nc1nc(-c2c[nH]c3ccccc23)cs1)S(=O)(=O)c1ccc2c(c1)OCCO2. The maximum Gasteiger partial charge on any atom is 0.243 e. The Hall–Kier alpha value is -3.41. The van der Waals surface area contributed by atoms with Gasteiger partial charge in [-0.3, -0.25) is 4.79 Å². The number of nitrogens with one attached hydrogen (secondary N) is 2. The Kier molecular flexibility index (Phi) is 5.52. The Balaban J connectivity index is 1.27. The van der Waals surface area contributed by atoms with Gasteiger partial charge in [-0.05, 0) is 18.2 Å². The van der Waals surface area contributed by atoms with Gasteiger partial charge in [0.1, 0.15) is 13.2 Å². The molecule has 2 N–H and O–H groups in total. The van der Waals surface area contributed by atoms with Crippen LogP contribution in [0.25, 0.3) is 22.2 Å². The number of likely N-dealkylation sites (N-methyl/N-ethyl adjacent to an activating group) is 1. The van der Waals surface area contributed by atoms with E-state index in [2.05, 4.69) is 15.3 Å². The van der Waals surface area contributed by atoms with Crippen LogP contribution in [0.4, 0.5) is 5.13 Å². The number of nitrogens with zero attached hydrogens (tertiary/aromatic N) is 2. The molecule has 0 fully saturated rings. The van der Waals surface area contributed by atoms with E-state index in [1.807, 2.05) is 35.8 Å². The van der Waals surface area contributed by atoms with E-state index >= 15 is 0 Å². The highest BCUT2D eigenvalue weighted by molar-refractivity contribution is 7.89. The lowest BCUT2D eigenvalue weighted by atomic mass is 10.1. The van der Waals surface area contributed by atoms with Crippen molar-refractivity contribution in [2.45, 2.75) is 4.90 Å². The highest BCUT2D eigenvalue weighted by Gasteiger charge is 2.25. The lowest BCUT2D eigenvalue weighted by Gasteiger charge is -2.21. The summed E-state index contributed by atoms with van der Waals surface area (Å²) in [5.41, 5.74) is 2.66. The van der Waals surface area contributed by atoms with Gasteiger partial charge in [-0.25, -0.2) is 13.4 Å². The van der Waals surface area contributed by atoms with Gasteiger partial charge in [0.05, 0.1) is 17.1 Å². The van der Waals surface area contributed by atoms with Crippen molar-refractivity contribution >= 4 is 43.3 Å². The zero-order valence-corrected chi connectivity index (χ0v) is 19.2. The smallest absolute Gasteiger partial charge is 0.243 e. The summed E-state index contributed by atoms with van der Waals surface area (Å²) in [5.74, 6) is 0.376. The van der Waals surface area contributed by atoms with Crippen LogP contribution < -0.4 is 14.8 Å². The van der Waals surface area contributed by atoms with Crippen molar-refractivity contribution < 1.29 is 22.7 Å². The number of fused-ring (bicyclic) bond motifs is 2. The van der Waals surface area contributed by atoms with Crippen LogP contribution in [0, 0.1) is 0 Å². The van der Waals surface area contributed by atoms with Crippen molar-refractivity contribution in [2.75, 3.05) is 32.1 Å². The first-order valence-electron chi connectivity index (χ1n) is 10.1. The Labute approximate surface area is 194 Å². The Morgan fingerprint density at radius 2 is 1.97 bits per heavy atom. The number of benzene rings is 2. The summed E-state index contributed by atoms with van der Waals surface area (Å²) in [6.45, 7) is 0.403. The van der Waals surface area contributed by atoms with Gasteiger partial charge in [0, 0.05) is 41.2 Å². The first-order valence-corrected chi connectivity index (χ1v) is 12.4. The molecule has 1 amide bonds. The largest absolute Gasteiger partial charge is 0.486 e. The fourth-order valence-electron chi connectivity index (χ4n) is 3.55. The standard InChI is InChI=1S/C22H20N4O5S2/c1-26(33(28,29)14-6-7-19-20(10-14)31-9-8-30-19)12-21(27)25-22-24-18(13-32-22)16-11-23-17-5-3-2-4-15(16)17/h2-7,10-11,13,23H,8-9,12H2,1H3,(H,24,25,27). The number of hydrogen-bond donors (Lipinski definition) is 2. The molecule has 0 aliphatic carbocycles. The maximum absolute atomic E-state index is 12.9. The first kappa shape index (κ1) is 21.4. The van der Waals surface area contributed by atoms with Crippen LogP contribution in [0.15, 0.2) is 58.9 Å². The van der Waals surface area contributed by atoms with E-state index in [9.17, 15) is 13.2 Å². The van der Waals surface area contributed by atoms with Gasteiger partial charge >= 0.3 is 0 Å². The van der Waals surface area contributed by atoms with Crippen LogP contribution in [-0.2, 0) is 14.8 Å². The Bertz CT molecular complexity index is 1440. The molecule has 1 aliphatic rings. The molecule has 4 aromatic rings. The molecule has 0 atom stereocenters. The summed E-state index contributed by atoms with van der Waals surface area (Å²) < 4.78 is 37.7. The number of aromatic nitrogens is 2. The average molecular weight is 485 g/mol. The molecule has 0 saturated heterocycles. The summed E-state index contributed by atoms with van der Waals surface area (Å²) in [4.78, 5) is 20.3. The van der Waals surface area contributed by atoms with Gasteiger partial charge in [0.25, 0.3) is 0 Å². The molecule has 2 aromatic heterocycles. The van der Waals surface area contributed by atoms with E-state index in [0.717, 1.165) is 26.5 Å². The monoisotopic (exact) mass is 484 g/mol. The topological polar surface area (TPSA) is 114 Å². The van der Waals surface area contributed by atoms with E-state index in [4.69, 9.17) is 9.47 Å². The third-order valence-electron chi connectivity index (χ3n) is 5.20. The Morgan fingerprint density at radius 3 is 2.82 bits per heavy atom. The molecule has 0 unspecified atom stereocenters. The van der Waals surface area contributed by atoms with E-state index in [1.54, 1.807) is 6.07 Å². The molecule has 1 aliphatic heterocycles. The molecular formula is C22H20N4O5S2. The van der Waals surface area contributed by atoms with Gasteiger partial charge in [-0.2, -0.15) is 4.31 Å². The number of amides is 1. The van der Waals surface area contributed by atoms with Crippen molar-refractivity contribution in [2.24, 2.45) is 0 Å². The number of carbonyl (C=O) groups is 1. The van der Waals surface area contributed by atoms with Crippen molar-refractivity contribution in [1.29, 1.82) is 0 Å². The van der Waals surface area contributed by atoms with E-state index in [1.165, 1.54) is 30.5 Å². The minimum Gasteiger partial charge on any atom is -0.486 e. The highest BCUT2D eigenvalue weighted by Crippen LogP contribution is 2.33. The number of thiazole rings is 1. The van der Waals surface area contributed by atoms with Gasteiger partial charge in [-0.15, -0.1) is 11.3 Å². The van der Waals surface area contributed by atoms with Gasteiger partial charge in [0.2, 0.25) is 15.9 Å². The predicted octanol–water partition coefficient (Wildman–Crippen LogP) is 3.32. The van der Waals surface area contributed by atoms with Crippen molar-refractivity contribution in [3.05, 3.63) is 54.0 Å². The minimum absolute atomic E-state index is 0.0259. The number of H-pyrrole nitrogens is 1. The fraction of sp³-hybridized carbons (Fsp3) is 0.182. The first-order chi connectivity index (χ1) is 15.9. The van der Waals surface area contributed by atoms with E-state index in [-0.39, 0.29) is 11.4 Å². The number of carbonyl (C=O) groups excluding carboxylic acids is 1. The van der Waals surface area contributed by atoms with Gasteiger partial charge in [0.15, 0.2) is 16.6 Å². The van der Waals surface area contributed by atoms with Crippen molar-refractivity contribution in [3.8, 4) is 22.8 Å². The third kappa shape index (κ3) is 4.17. The molecule has 5 rings (SSSR count). The molecule has 3 heterocycles. The summed E-state index contributed by atoms with van der Waals surface area (Å²) in [6.07, 6.45) is 1.87. The number of hydrogen-bond acceptors (Lipinski definition) is 7. The zero-order valence-electron chi connectivity index (χ0n) is 17.6. The van der Waals surface area contributed by atoms with Crippen LogP contribution in [0.5, 0.6) is 11.5 Å². The highest BCUT2D eigenvalue weighted by atomic mass is 32.2. The number of ether oxygens (including phenoxy) is 2. The second-order valence-electron chi connectivity index (χ2n) is 7.40. The fourth-order valence-corrected chi connectivity index (χ4v) is 5.42. The molecular weight excluding hydrogens is 464 g/mol. The van der Waals surface area contributed by atoms with Crippen LogP contribution >= 0.6 is 11.3 Å². The Morgan fingerprint density at radius 1 is 1.18 bits per heavy atom. The lowest BCUT2D eigenvalue weighted by molar-refractivity contribution is -0.116. The molecule has 11 heteroatoms. The van der Waals surface area contributed by atoms with E-state index in [0.29, 0.717) is 29.8 Å². The van der Waals surface area contributed by atoms with Crippen LogP contribution in [0.2, 0.25) is 0 Å². The van der Waals surface area contributed by atoms with Crippen molar-refractivity contribution in [3.63, 3.8) is 0 Å². The average Bonchev–Trinajstić information content (AvgIpc) is 3.45. The van der Waals surface area contributed by atoms with E-state index < -0.39 is 15.9 Å². The zero-order chi connectivity index (χ0) is 23.0. The van der Waals surface area contributed by atoms with Crippen LogP contribution in [0.3, 0.4) is 0 Å². The number of aromatic amines is 1. The van der Waals surface area contributed by atoms with Crippen LogP contribution in [0.1, 0.15) is 0 Å². The van der Waals surface area contributed by atoms with Crippen molar-refractivity contribution in [1.82, 2.24) is 14.3 Å². The third-order valence-corrected chi connectivity index (χ3v) is 7.76. The molecule has 2 aromatic carbocycles. The molecule has 0 radical (unpaired) electrons. The number of anilines is 1. The number of para-hydroxylation sites is 1. The number of rotatable bonds is 6. The summed E-state index contributed by atoms with van der Waals surface area (Å²) in [7, 11) is -2.55. The normalized spacial score (nSPS) is 13.4. The summed E-state index contributed by atoms with van der Waals surface area (Å²) >= 11 is 1.28. The number of sulfonamides is 1. The summed E-state index contributed by atoms with van der Waals surface area (Å²) in [6, 6.07) is 12.3. The second-order valence-corrected chi connectivity index (χ2v) is 10.3. The summed E-state index contributed by atoms with van der Waals surface area (Å²) in [5, 5.41) is 5.96. The molecule has 33 heavy (non-hydrogen) atoms. The molecule has 0 bridgehead atoms. The van der Waals surface area contributed by atoms with Gasteiger partial charge < -0.3 is 19.8 Å². The lowest BCUT2D eigenvalue weighted by Crippen LogP contribution is -2.35. The van der Waals surface area contributed by atoms with Crippen LogP contribution in [-0.4, -0.2) is 55.4 Å². The second kappa shape index (κ2) is 8.50. The molecule has 0 spiro atoms. The quantitative estimate of drug-likeness (QED) is 0.434. The molecule has 0 saturated carbocycles. The minimum atomic E-state index is -3.90. The molecule has 9 nitrogen and oxygen atoms in total. The predicted molar refractivity (Wildman–Crippen MR) is 125 cm³/mol.